The second-order valence-electron chi connectivity index (χ2n) is 3.24. The molecule has 0 heterocycles. The van der Waals surface area contributed by atoms with Gasteiger partial charge in [-0.05, 0) is 25.4 Å². The van der Waals surface area contributed by atoms with Crippen molar-refractivity contribution in [1.82, 2.24) is 5.32 Å². The molecule has 0 rings (SSSR count). The Morgan fingerprint density at radius 2 is 1.55 bits per heavy atom. The van der Waals surface area contributed by atoms with Crippen LogP contribution in [-0.4, -0.2) is 13.1 Å². The quantitative estimate of drug-likeness (QED) is 0.622. The Morgan fingerprint density at radius 3 is 1.82 bits per heavy atom. The third-order valence-electron chi connectivity index (χ3n) is 1.15. The highest BCUT2D eigenvalue weighted by Gasteiger charge is 1.89. The first-order valence-corrected chi connectivity index (χ1v) is 4.89. The number of rotatable bonds is 4. The van der Waals surface area contributed by atoms with E-state index in [4.69, 9.17) is 0 Å². The van der Waals surface area contributed by atoms with E-state index >= 15 is 0 Å². The molecule has 0 aromatic heterocycles. The lowest BCUT2D eigenvalue weighted by Crippen LogP contribution is -2.15. The average molecular weight is 159 g/mol. The molecule has 0 aliphatic carbocycles. The summed E-state index contributed by atoms with van der Waals surface area (Å²) in [5.74, 6) is 0.842. The summed E-state index contributed by atoms with van der Waals surface area (Å²) in [6, 6.07) is 0. The van der Waals surface area contributed by atoms with Gasteiger partial charge in [0.25, 0.3) is 0 Å². The van der Waals surface area contributed by atoms with E-state index in [0.717, 1.165) is 12.5 Å². The molecule has 0 saturated heterocycles. The summed E-state index contributed by atoms with van der Waals surface area (Å²) in [5, 5.41) is 3.28. The van der Waals surface area contributed by atoms with Crippen LogP contribution in [0.25, 0.3) is 0 Å². The molecule has 70 valence electrons. The van der Waals surface area contributed by atoms with E-state index in [0.29, 0.717) is 0 Å². The average Bonchev–Trinajstić information content (AvgIpc) is 1.89. The molecule has 1 heteroatoms. The fraction of sp³-hybridized carbons (Fsp3) is 1.00. The highest BCUT2D eigenvalue weighted by atomic mass is 14.8. The predicted molar refractivity (Wildman–Crippen MR) is 54.0 cm³/mol. The van der Waals surface area contributed by atoms with E-state index in [2.05, 4.69) is 39.9 Å². The van der Waals surface area contributed by atoms with Gasteiger partial charge in [-0.25, -0.2) is 0 Å². The summed E-state index contributed by atoms with van der Waals surface area (Å²) >= 11 is 0. The van der Waals surface area contributed by atoms with Crippen LogP contribution in [-0.2, 0) is 0 Å². The van der Waals surface area contributed by atoms with Crippen molar-refractivity contribution in [3.05, 3.63) is 0 Å². The minimum Gasteiger partial charge on any atom is -0.317 e. The van der Waals surface area contributed by atoms with Crippen LogP contribution in [0.1, 0.15) is 47.5 Å². The monoisotopic (exact) mass is 159 g/mol. The number of hydrogen-bond acceptors (Lipinski definition) is 1. The smallest absolute Gasteiger partial charge is 0.00466 e. The zero-order valence-electron chi connectivity index (χ0n) is 8.91. The Morgan fingerprint density at radius 1 is 1.09 bits per heavy atom. The van der Waals surface area contributed by atoms with Gasteiger partial charge in [0.15, 0.2) is 0 Å². The lowest BCUT2D eigenvalue weighted by Gasteiger charge is -2.02. The molecule has 0 radical (unpaired) electrons. The van der Waals surface area contributed by atoms with Crippen molar-refractivity contribution < 1.29 is 0 Å². The van der Waals surface area contributed by atoms with Crippen LogP contribution >= 0.6 is 0 Å². The van der Waals surface area contributed by atoms with Gasteiger partial charge in [0, 0.05) is 0 Å². The molecule has 11 heavy (non-hydrogen) atoms. The van der Waals surface area contributed by atoms with Gasteiger partial charge < -0.3 is 5.32 Å². The van der Waals surface area contributed by atoms with E-state index in [9.17, 15) is 0 Å². The van der Waals surface area contributed by atoms with Gasteiger partial charge in [0.05, 0.1) is 0 Å². The van der Waals surface area contributed by atoms with Crippen LogP contribution in [0, 0.1) is 5.92 Å². The molecule has 0 amide bonds. The van der Waals surface area contributed by atoms with Crippen molar-refractivity contribution in [2.75, 3.05) is 13.1 Å². The molecule has 0 spiro atoms. The standard InChI is InChI=1S/C7H17N.C3H8/c1-4-8-6-5-7(2)3;1-3-2/h7-8H,4-6H2,1-3H3;3H2,1-2H3. The van der Waals surface area contributed by atoms with Gasteiger partial charge in [-0.3, -0.25) is 0 Å². The second kappa shape index (κ2) is 12.6. The second-order valence-corrected chi connectivity index (χ2v) is 3.24. The summed E-state index contributed by atoms with van der Waals surface area (Å²) in [5.41, 5.74) is 0. The van der Waals surface area contributed by atoms with Gasteiger partial charge in [-0.1, -0.05) is 41.0 Å². The molecule has 0 aliphatic heterocycles. The van der Waals surface area contributed by atoms with E-state index in [1.807, 2.05) is 0 Å². The highest BCUT2D eigenvalue weighted by molar-refractivity contribution is 4.47. The van der Waals surface area contributed by atoms with Crippen LogP contribution < -0.4 is 5.32 Å². The maximum absolute atomic E-state index is 3.28. The summed E-state index contributed by atoms with van der Waals surface area (Å²) in [6.45, 7) is 13.2. The van der Waals surface area contributed by atoms with Crippen LogP contribution in [0.5, 0.6) is 0 Å². The molecule has 0 aromatic rings. The molecule has 0 fully saturated rings. The first kappa shape index (κ1) is 13.5. The van der Waals surface area contributed by atoms with E-state index in [-0.39, 0.29) is 0 Å². The van der Waals surface area contributed by atoms with Crippen molar-refractivity contribution in [1.29, 1.82) is 0 Å². The minimum absolute atomic E-state index is 0.842. The summed E-state index contributed by atoms with van der Waals surface area (Å²) in [6.07, 6.45) is 2.55. The molecule has 0 atom stereocenters. The van der Waals surface area contributed by atoms with Gasteiger partial charge in [-0.15, -0.1) is 0 Å². The molecule has 0 unspecified atom stereocenters. The Kier molecular flexibility index (Phi) is 15.5. The largest absolute Gasteiger partial charge is 0.317 e. The van der Waals surface area contributed by atoms with Crippen molar-refractivity contribution >= 4 is 0 Å². The van der Waals surface area contributed by atoms with E-state index < -0.39 is 0 Å². The molecule has 1 nitrogen and oxygen atoms in total. The Bertz CT molecular complexity index is 50.8. The molecule has 0 aromatic carbocycles. The minimum atomic E-state index is 0.842. The normalized spacial score (nSPS) is 9.27. The Balaban J connectivity index is 0. The topological polar surface area (TPSA) is 12.0 Å². The molecular formula is C10H25N. The zero-order chi connectivity index (χ0) is 9.11. The molecule has 0 bridgehead atoms. The molecule has 0 aliphatic rings. The third-order valence-corrected chi connectivity index (χ3v) is 1.15. The lowest BCUT2D eigenvalue weighted by atomic mass is 10.1. The first-order valence-electron chi connectivity index (χ1n) is 4.89. The van der Waals surface area contributed by atoms with Crippen molar-refractivity contribution in [2.24, 2.45) is 5.92 Å². The highest BCUT2D eigenvalue weighted by Crippen LogP contribution is 1.95. The van der Waals surface area contributed by atoms with Crippen LogP contribution in [0.2, 0.25) is 0 Å². The van der Waals surface area contributed by atoms with Crippen molar-refractivity contribution in [3.63, 3.8) is 0 Å². The number of hydrogen-bond donors (Lipinski definition) is 1. The maximum Gasteiger partial charge on any atom is -0.00466 e. The molecular weight excluding hydrogens is 134 g/mol. The zero-order valence-corrected chi connectivity index (χ0v) is 8.91. The van der Waals surface area contributed by atoms with Crippen LogP contribution in [0.15, 0.2) is 0 Å². The van der Waals surface area contributed by atoms with Crippen LogP contribution in [0.3, 0.4) is 0 Å². The SMILES string of the molecule is CCC.CCNCCC(C)C. The lowest BCUT2D eigenvalue weighted by molar-refractivity contribution is 0.546. The summed E-state index contributed by atoms with van der Waals surface area (Å²) < 4.78 is 0. The molecule has 1 N–H and O–H groups in total. The van der Waals surface area contributed by atoms with Gasteiger partial charge >= 0.3 is 0 Å². The summed E-state index contributed by atoms with van der Waals surface area (Å²) in [4.78, 5) is 0. The summed E-state index contributed by atoms with van der Waals surface area (Å²) in [7, 11) is 0. The van der Waals surface area contributed by atoms with Crippen molar-refractivity contribution in [2.45, 2.75) is 47.5 Å². The number of nitrogens with one attached hydrogen (secondary N) is 1. The van der Waals surface area contributed by atoms with Crippen LogP contribution in [0.4, 0.5) is 0 Å². The fourth-order valence-corrected chi connectivity index (χ4v) is 0.568. The van der Waals surface area contributed by atoms with Gasteiger partial charge in [0.1, 0.15) is 0 Å². The van der Waals surface area contributed by atoms with E-state index in [1.165, 1.54) is 19.4 Å². The van der Waals surface area contributed by atoms with Gasteiger partial charge in [0.2, 0.25) is 0 Å². The van der Waals surface area contributed by atoms with Gasteiger partial charge in [-0.2, -0.15) is 0 Å². The Hall–Kier alpha value is -0.0400. The third kappa shape index (κ3) is 25.7. The first-order chi connectivity index (χ1) is 5.18. The fourth-order valence-electron chi connectivity index (χ4n) is 0.568. The Labute approximate surface area is 72.6 Å². The molecule has 0 saturated carbocycles. The van der Waals surface area contributed by atoms with Crippen molar-refractivity contribution in [3.8, 4) is 0 Å². The maximum atomic E-state index is 3.28. The predicted octanol–water partition coefficient (Wildman–Crippen LogP) is 3.06. The van der Waals surface area contributed by atoms with E-state index in [1.54, 1.807) is 0 Å².